The van der Waals surface area contributed by atoms with Gasteiger partial charge in [-0.3, -0.25) is 4.90 Å². The van der Waals surface area contributed by atoms with Crippen molar-refractivity contribution in [2.24, 2.45) is 0 Å². The predicted octanol–water partition coefficient (Wildman–Crippen LogP) is 3.65. The lowest BCUT2D eigenvalue weighted by molar-refractivity contribution is 0.141. The van der Waals surface area contributed by atoms with Crippen molar-refractivity contribution in [3.63, 3.8) is 0 Å². The third-order valence-corrected chi connectivity index (χ3v) is 5.53. The van der Waals surface area contributed by atoms with E-state index in [2.05, 4.69) is 15.5 Å². The fraction of sp³-hybridized carbons (Fsp3) is 0.435. The summed E-state index contributed by atoms with van der Waals surface area (Å²) in [5.41, 5.74) is 2.84. The molecule has 0 aliphatic carbocycles. The second kappa shape index (κ2) is 9.80. The lowest BCUT2D eigenvalue weighted by Crippen LogP contribution is -2.49. The number of carbonyl (C=O) groups excluding carboxylic acids is 1. The minimum Gasteiger partial charge on any atom is -0.493 e. The van der Waals surface area contributed by atoms with Gasteiger partial charge in [0.2, 0.25) is 0 Å². The smallest absolute Gasteiger partial charge is 0.315 e. The van der Waals surface area contributed by atoms with E-state index in [1.54, 1.807) is 26.4 Å². The Morgan fingerprint density at radius 1 is 1.23 bits per heavy atom. The molecule has 2 unspecified atom stereocenters. The van der Waals surface area contributed by atoms with Gasteiger partial charge >= 0.3 is 6.03 Å². The average molecular weight is 416 g/mol. The van der Waals surface area contributed by atoms with Crippen molar-refractivity contribution in [1.29, 1.82) is 0 Å². The molecule has 6 nitrogen and oxygen atoms in total. The largest absolute Gasteiger partial charge is 0.493 e. The van der Waals surface area contributed by atoms with Gasteiger partial charge in [-0.2, -0.15) is 0 Å². The van der Waals surface area contributed by atoms with Crippen molar-refractivity contribution >= 4 is 6.03 Å². The molecule has 0 aromatic heterocycles. The van der Waals surface area contributed by atoms with Gasteiger partial charge in [0.05, 0.1) is 20.3 Å². The predicted molar refractivity (Wildman–Crippen MR) is 114 cm³/mol. The molecule has 0 radical (unpaired) electrons. The fourth-order valence-electron chi connectivity index (χ4n) is 4.13. The summed E-state index contributed by atoms with van der Waals surface area (Å²) >= 11 is 0. The van der Waals surface area contributed by atoms with E-state index in [0.29, 0.717) is 30.2 Å². The maximum Gasteiger partial charge on any atom is 0.315 e. The summed E-state index contributed by atoms with van der Waals surface area (Å²) in [7, 11) is 3.23. The zero-order chi connectivity index (χ0) is 21.7. The first-order valence-electron chi connectivity index (χ1n) is 10.2. The molecule has 0 fully saturated rings. The highest BCUT2D eigenvalue weighted by Crippen LogP contribution is 2.40. The topological polar surface area (TPSA) is 62.8 Å². The number of nitrogens with one attached hydrogen (secondary N) is 2. The zero-order valence-corrected chi connectivity index (χ0v) is 18.0. The molecule has 1 aliphatic heterocycles. The monoisotopic (exact) mass is 415 g/mol. The number of ether oxygens (including phenoxy) is 2. The molecule has 3 rings (SSSR count). The summed E-state index contributed by atoms with van der Waals surface area (Å²) in [4.78, 5) is 14.4. The third kappa shape index (κ3) is 4.67. The number of hydrogen-bond donors (Lipinski definition) is 2. The van der Waals surface area contributed by atoms with Crippen LogP contribution in [-0.4, -0.2) is 44.3 Å². The molecule has 1 heterocycles. The molecule has 0 spiro atoms. The second-order valence-electron chi connectivity index (χ2n) is 7.46. The Labute approximate surface area is 177 Å². The molecule has 2 N–H and O–H groups in total. The van der Waals surface area contributed by atoms with Crippen LogP contribution in [0.25, 0.3) is 0 Å². The third-order valence-electron chi connectivity index (χ3n) is 5.53. The molecule has 7 heteroatoms. The van der Waals surface area contributed by atoms with E-state index in [0.717, 1.165) is 24.1 Å². The Kier molecular flexibility index (Phi) is 7.15. The highest BCUT2D eigenvalue weighted by Gasteiger charge is 2.34. The number of urea groups is 1. The van der Waals surface area contributed by atoms with Crippen LogP contribution in [0.2, 0.25) is 0 Å². The van der Waals surface area contributed by atoms with Crippen molar-refractivity contribution < 1.29 is 18.7 Å². The zero-order valence-electron chi connectivity index (χ0n) is 18.0. The molecule has 0 saturated heterocycles. The quantitative estimate of drug-likeness (QED) is 0.725. The van der Waals surface area contributed by atoms with Gasteiger partial charge in [-0.1, -0.05) is 18.2 Å². The summed E-state index contributed by atoms with van der Waals surface area (Å²) in [5, 5.41) is 5.81. The van der Waals surface area contributed by atoms with E-state index >= 15 is 0 Å². The van der Waals surface area contributed by atoms with Crippen molar-refractivity contribution in [3.8, 4) is 11.5 Å². The number of amides is 2. The van der Waals surface area contributed by atoms with Crippen LogP contribution in [-0.2, 0) is 13.0 Å². The molecular formula is C23H30FN3O3. The van der Waals surface area contributed by atoms with Gasteiger partial charge in [0.25, 0.3) is 0 Å². The van der Waals surface area contributed by atoms with Crippen LogP contribution >= 0.6 is 0 Å². The van der Waals surface area contributed by atoms with Gasteiger partial charge in [0.15, 0.2) is 11.5 Å². The van der Waals surface area contributed by atoms with Gasteiger partial charge in [0.1, 0.15) is 5.82 Å². The van der Waals surface area contributed by atoms with Crippen molar-refractivity contribution in [2.75, 3.05) is 27.3 Å². The number of carbonyl (C=O) groups is 1. The van der Waals surface area contributed by atoms with Gasteiger partial charge in [-0.25, -0.2) is 9.18 Å². The van der Waals surface area contributed by atoms with Crippen LogP contribution in [0.3, 0.4) is 0 Å². The summed E-state index contributed by atoms with van der Waals surface area (Å²) < 4.78 is 25.3. The number of hydrogen-bond acceptors (Lipinski definition) is 4. The molecule has 30 heavy (non-hydrogen) atoms. The van der Waals surface area contributed by atoms with Crippen molar-refractivity contribution in [2.45, 2.75) is 38.9 Å². The first-order valence-corrected chi connectivity index (χ1v) is 10.2. The molecule has 1 aliphatic rings. The van der Waals surface area contributed by atoms with Crippen molar-refractivity contribution in [1.82, 2.24) is 15.5 Å². The fourth-order valence-corrected chi connectivity index (χ4v) is 4.13. The molecular weight excluding hydrogens is 385 g/mol. The van der Waals surface area contributed by atoms with Crippen LogP contribution in [0.1, 0.15) is 36.6 Å². The molecule has 162 valence electrons. The van der Waals surface area contributed by atoms with E-state index < -0.39 is 0 Å². The lowest BCUT2D eigenvalue weighted by atomic mass is 9.87. The minimum absolute atomic E-state index is 0.143. The highest BCUT2D eigenvalue weighted by molar-refractivity contribution is 5.74. The average Bonchev–Trinajstić information content (AvgIpc) is 2.74. The molecule has 2 aromatic rings. The Morgan fingerprint density at radius 2 is 1.93 bits per heavy atom. The van der Waals surface area contributed by atoms with Gasteiger partial charge in [0, 0.05) is 31.2 Å². The molecule has 2 amide bonds. The molecule has 2 aromatic carbocycles. The van der Waals surface area contributed by atoms with E-state index in [1.165, 1.54) is 6.07 Å². The van der Waals surface area contributed by atoms with E-state index in [1.807, 2.05) is 32.0 Å². The van der Waals surface area contributed by atoms with E-state index in [4.69, 9.17) is 9.47 Å². The molecule has 0 saturated carbocycles. The van der Waals surface area contributed by atoms with Crippen LogP contribution in [0.4, 0.5) is 9.18 Å². The van der Waals surface area contributed by atoms with Gasteiger partial charge < -0.3 is 20.1 Å². The van der Waals surface area contributed by atoms with Gasteiger partial charge in [-0.05, 0) is 49.6 Å². The first kappa shape index (κ1) is 21.9. The van der Waals surface area contributed by atoms with Gasteiger partial charge in [-0.15, -0.1) is 0 Å². The Bertz CT molecular complexity index is 890. The number of methoxy groups -OCH3 is 2. The Hall–Kier alpha value is -2.80. The lowest BCUT2D eigenvalue weighted by Gasteiger charge is -2.41. The van der Waals surface area contributed by atoms with Crippen LogP contribution in [0, 0.1) is 5.82 Å². The second-order valence-corrected chi connectivity index (χ2v) is 7.46. The SMILES string of the molecule is CCNC(=O)NC(C)C1c2cc(OC)c(OC)cc2CCN1Cc1ccccc1F. The highest BCUT2D eigenvalue weighted by atomic mass is 19.1. The normalized spacial score (nSPS) is 17.0. The molecule has 0 bridgehead atoms. The van der Waals surface area contributed by atoms with Crippen LogP contribution in [0.5, 0.6) is 11.5 Å². The van der Waals surface area contributed by atoms with Crippen LogP contribution < -0.4 is 20.1 Å². The number of nitrogens with zero attached hydrogens (tertiary/aromatic N) is 1. The summed E-state index contributed by atoms with van der Waals surface area (Å²) in [5.74, 6) is 1.10. The summed E-state index contributed by atoms with van der Waals surface area (Å²) in [6.45, 7) is 5.58. The minimum atomic E-state index is -0.223. The number of benzene rings is 2. The maximum atomic E-state index is 14.4. The summed E-state index contributed by atoms with van der Waals surface area (Å²) in [6.07, 6.45) is 0.800. The van der Waals surface area contributed by atoms with Crippen LogP contribution in [0.15, 0.2) is 36.4 Å². The standard InChI is InChI=1S/C23H30FN3O3/c1-5-25-23(28)26-15(2)22-18-13-21(30-4)20(29-3)12-16(18)10-11-27(22)14-17-8-6-7-9-19(17)24/h6-9,12-13,15,22H,5,10-11,14H2,1-4H3,(H2,25,26,28). The summed E-state index contributed by atoms with van der Waals surface area (Å²) in [6, 6.07) is 10.2. The Balaban J connectivity index is 1.99. The van der Waals surface area contributed by atoms with E-state index in [9.17, 15) is 9.18 Å². The number of halogens is 1. The first-order chi connectivity index (χ1) is 14.5. The van der Waals surface area contributed by atoms with E-state index in [-0.39, 0.29) is 23.9 Å². The number of rotatable bonds is 7. The van der Waals surface area contributed by atoms with Crippen molar-refractivity contribution in [3.05, 3.63) is 58.9 Å². The molecule has 2 atom stereocenters. The maximum absolute atomic E-state index is 14.4. The Morgan fingerprint density at radius 3 is 2.60 bits per heavy atom. The number of fused-ring (bicyclic) bond motifs is 1.